The number of carbonyl (C=O) groups excluding carboxylic acids is 1. The van der Waals surface area contributed by atoms with Crippen LogP contribution in [-0.4, -0.2) is 37.0 Å². The van der Waals surface area contributed by atoms with Gasteiger partial charge in [0.05, 0.1) is 12.6 Å². The van der Waals surface area contributed by atoms with Crippen molar-refractivity contribution in [1.82, 2.24) is 10.2 Å². The maximum absolute atomic E-state index is 13.7. The number of hydrogen-bond donors (Lipinski definition) is 1. The van der Waals surface area contributed by atoms with E-state index < -0.39 is 0 Å². The summed E-state index contributed by atoms with van der Waals surface area (Å²) in [7, 11) is 0. The number of amides is 1. The van der Waals surface area contributed by atoms with Crippen LogP contribution in [0, 0.1) is 5.82 Å². The fourth-order valence-electron chi connectivity index (χ4n) is 3.97. The molecule has 2 aliphatic rings. The first-order valence-electron chi connectivity index (χ1n) is 9.20. The number of para-hydroxylation sites is 1. The Balaban J connectivity index is 0.00000210. The van der Waals surface area contributed by atoms with Crippen molar-refractivity contribution in [3.05, 3.63) is 65.5 Å². The average Bonchev–Trinajstić information content (AvgIpc) is 2.68. The fourth-order valence-corrected chi connectivity index (χ4v) is 3.97. The van der Waals surface area contributed by atoms with Crippen LogP contribution in [0.25, 0.3) is 0 Å². The van der Waals surface area contributed by atoms with Crippen LogP contribution in [0.1, 0.15) is 35.9 Å². The third-order valence-corrected chi connectivity index (χ3v) is 5.30. The Morgan fingerprint density at radius 3 is 2.93 bits per heavy atom. The normalized spacial score (nSPS) is 21.6. The Morgan fingerprint density at radius 1 is 1.22 bits per heavy atom. The van der Waals surface area contributed by atoms with Crippen LogP contribution >= 0.6 is 12.4 Å². The van der Waals surface area contributed by atoms with E-state index in [4.69, 9.17) is 4.74 Å². The molecule has 0 bridgehead atoms. The van der Waals surface area contributed by atoms with Crippen LogP contribution in [-0.2, 0) is 4.79 Å². The molecule has 2 aliphatic heterocycles. The third kappa shape index (κ3) is 4.25. The maximum Gasteiger partial charge on any atom is 0.223 e. The molecule has 1 saturated heterocycles. The predicted molar refractivity (Wildman–Crippen MR) is 105 cm³/mol. The van der Waals surface area contributed by atoms with Crippen molar-refractivity contribution >= 4 is 18.3 Å². The van der Waals surface area contributed by atoms with E-state index in [2.05, 4.69) is 5.32 Å². The van der Waals surface area contributed by atoms with Crippen LogP contribution in [0.15, 0.2) is 48.5 Å². The third-order valence-electron chi connectivity index (χ3n) is 5.30. The van der Waals surface area contributed by atoms with Gasteiger partial charge < -0.3 is 15.0 Å². The summed E-state index contributed by atoms with van der Waals surface area (Å²) in [6.07, 6.45) is 1.31. The molecule has 0 radical (unpaired) electrons. The number of nitrogens with zero attached hydrogens (tertiary/aromatic N) is 1. The molecular formula is C21H24ClFN2O2. The highest BCUT2D eigenvalue weighted by Crippen LogP contribution is 2.36. The van der Waals surface area contributed by atoms with E-state index >= 15 is 0 Å². The molecular weight excluding hydrogens is 367 g/mol. The van der Waals surface area contributed by atoms with Gasteiger partial charge in [-0.1, -0.05) is 30.3 Å². The molecule has 144 valence electrons. The van der Waals surface area contributed by atoms with E-state index in [9.17, 15) is 9.18 Å². The van der Waals surface area contributed by atoms with E-state index in [0.717, 1.165) is 29.8 Å². The Hall–Kier alpha value is -2.11. The molecule has 0 saturated carbocycles. The molecule has 6 heteroatoms. The largest absolute Gasteiger partial charge is 0.493 e. The molecule has 2 atom stereocenters. The molecule has 0 aromatic heterocycles. The molecule has 1 amide bonds. The van der Waals surface area contributed by atoms with Gasteiger partial charge in [-0.05, 0) is 41.7 Å². The number of nitrogens with one attached hydrogen (secondary N) is 1. The second-order valence-electron chi connectivity index (χ2n) is 6.94. The van der Waals surface area contributed by atoms with Gasteiger partial charge in [0.1, 0.15) is 11.6 Å². The van der Waals surface area contributed by atoms with Crippen molar-refractivity contribution in [2.75, 3.05) is 26.2 Å². The Kier molecular flexibility index (Phi) is 6.34. The van der Waals surface area contributed by atoms with E-state index in [1.807, 2.05) is 35.2 Å². The lowest BCUT2D eigenvalue weighted by Gasteiger charge is -2.38. The number of halogens is 2. The van der Waals surface area contributed by atoms with Crippen LogP contribution in [0.2, 0.25) is 0 Å². The summed E-state index contributed by atoms with van der Waals surface area (Å²) in [6, 6.07) is 14.4. The van der Waals surface area contributed by atoms with Crippen molar-refractivity contribution in [2.24, 2.45) is 0 Å². The molecule has 0 spiro atoms. The van der Waals surface area contributed by atoms with Crippen molar-refractivity contribution < 1.29 is 13.9 Å². The molecule has 27 heavy (non-hydrogen) atoms. The average molecular weight is 391 g/mol. The minimum atomic E-state index is -0.265. The zero-order valence-electron chi connectivity index (χ0n) is 15.1. The van der Waals surface area contributed by atoms with Gasteiger partial charge in [0.15, 0.2) is 0 Å². The van der Waals surface area contributed by atoms with Gasteiger partial charge in [0.2, 0.25) is 5.91 Å². The van der Waals surface area contributed by atoms with E-state index in [1.54, 1.807) is 6.07 Å². The molecule has 0 aliphatic carbocycles. The molecule has 4 nitrogen and oxygen atoms in total. The molecule has 4 rings (SSSR count). The standard InChI is InChI=1S/C21H23FN2O2.ClH/c22-17-5-3-4-16(12-17)19-14-23-9-10-24(19)21(25)13-15-8-11-26-20-7-2-1-6-18(15)20;/h1-7,12,15,19,23H,8-11,13-14H2;1H. The molecule has 1 N–H and O–H groups in total. The number of benzene rings is 2. The SMILES string of the molecule is Cl.O=C(CC1CCOc2ccccc21)N1CCNCC1c1cccc(F)c1. The van der Waals surface area contributed by atoms with Gasteiger partial charge in [-0.15, -0.1) is 12.4 Å². The first-order valence-corrected chi connectivity index (χ1v) is 9.20. The molecule has 2 aromatic rings. The van der Waals surface area contributed by atoms with Crippen molar-refractivity contribution in [3.8, 4) is 5.75 Å². The van der Waals surface area contributed by atoms with E-state index in [1.165, 1.54) is 12.1 Å². The number of piperazine rings is 1. The van der Waals surface area contributed by atoms with Crippen molar-refractivity contribution in [2.45, 2.75) is 24.8 Å². The first kappa shape index (κ1) is 19.6. The number of carbonyl (C=O) groups is 1. The van der Waals surface area contributed by atoms with Crippen molar-refractivity contribution in [3.63, 3.8) is 0 Å². The van der Waals surface area contributed by atoms with Gasteiger partial charge in [-0.3, -0.25) is 4.79 Å². The second kappa shape index (κ2) is 8.72. The summed E-state index contributed by atoms with van der Waals surface area (Å²) >= 11 is 0. The first-order chi connectivity index (χ1) is 12.7. The summed E-state index contributed by atoms with van der Waals surface area (Å²) in [5.74, 6) is 0.926. The van der Waals surface area contributed by atoms with Gasteiger partial charge in [0, 0.05) is 26.1 Å². The van der Waals surface area contributed by atoms with Crippen LogP contribution in [0.4, 0.5) is 4.39 Å². The van der Waals surface area contributed by atoms with E-state index in [-0.39, 0.29) is 36.1 Å². The lowest BCUT2D eigenvalue weighted by Crippen LogP contribution is -2.49. The lowest BCUT2D eigenvalue weighted by atomic mass is 9.89. The lowest BCUT2D eigenvalue weighted by molar-refractivity contribution is -0.135. The monoisotopic (exact) mass is 390 g/mol. The number of hydrogen-bond acceptors (Lipinski definition) is 3. The highest BCUT2D eigenvalue weighted by atomic mass is 35.5. The Labute approximate surface area is 165 Å². The Bertz CT molecular complexity index is 801. The van der Waals surface area contributed by atoms with Gasteiger partial charge in [-0.2, -0.15) is 0 Å². The van der Waals surface area contributed by atoms with Gasteiger partial charge in [-0.25, -0.2) is 4.39 Å². The van der Waals surface area contributed by atoms with Gasteiger partial charge in [0.25, 0.3) is 0 Å². The fraction of sp³-hybridized carbons (Fsp3) is 0.381. The molecule has 2 aromatic carbocycles. The highest BCUT2D eigenvalue weighted by molar-refractivity contribution is 5.85. The number of rotatable bonds is 3. The number of fused-ring (bicyclic) bond motifs is 1. The summed E-state index contributed by atoms with van der Waals surface area (Å²) in [5, 5.41) is 3.32. The van der Waals surface area contributed by atoms with E-state index in [0.29, 0.717) is 26.1 Å². The molecule has 2 unspecified atom stereocenters. The topological polar surface area (TPSA) is 41.6 Å². The maximum atomic E-state index is 13.7. The summed E-state index contributed by atoms with van der Waals surface area (Å²) < 4.78 is 19.4. The Morgan fingerprint density at radius 2 is 2.07 bits per heavy atom. The summed E-state index contributed by atoms with van der Waals surface area (Å²) in [5.41, 5.74) is 1.96. The zero-order valence-corrected chi connectivity index (χ0v) is 15.9. The molecule has 2 heterocycles. The number of ether oxygens (including phenoxy) is 1. The highest BCUT2D eigenvalue weighted by Gasteiger charge is 2.31. The smallest absolute Gasteiger partial charge is 0.223 e. The van der Waals surface area contributed by atoms with Crippen LogP contribution < -0.4 is 10.1 Å². The second-order valence-corrected chi connectivity index (χ2v) is 6.94. The minimum Gasteiger partial charge on any atom is -0.493 e. The van der Waals surface area contributed by atoms with Gasteiger partial charge >= 0.3 is 0 Å². The predicted octanol–water partition coefficient (Wildman–Crippen LogP) is 3.68. The van der Waals surface area contributed by atoms with Crippen LogP contribution in [0.3, 0.4) is 0 Å². The quantitative estimate of drug-likeness (QED) is 0.869. The van der Waals surface area contributed by atoms with Crippen LogP contribution in [0.5, 0.6) is 5.75 Å². The minimum absolute atomic E-state index is 0. The summed E-state index contributed by atoms with van der Waals surface area (Å²) in [4.78, 5) is 15.0. The molecule has 1 fully saturated rings. The van der Waals surface area contributed by atoms with Crippen molar-refractivity contribution in [1.29, 1.82) is 0 Å². The summed E-state index contributed by atoms with van der Waals surface area (Å²) in [6.45, 7) is 2.70. The zero-order chi connectivity index (χ0) is 17.9.